The number of rotatable bonds is 4. The third kappa shape index (κ3) is 3.52. The molecular formula is C21H27N3O6. The largest absolute Gasteiger partial charge is 0.497 e. The van der Waals surface area contributed by atoms with E-state index >= 15 is 0 Å². The summed E-state index contributed by atoms with van der Waals surface area (Å²) in [6, 6.07) is 3.12. The quantitative estimate of drug-likeness (QED) is 0.723. The van der Waals surface area contributed by atoms with Gasteiger partial charge in [0.2, 0.25) is 0 Å². The minimum atomic E-state index is -0.840. The Hall–Kier alpha value is -2.65. The lowest BCUT2D eigenvalue weighted by Crippen LogP contribution is -2.56. The normalized spacial score (nSPS) is 33.5. The van der Waals surface area contributed by atoms with Gasteiger partial charge >= 0.3 is 12.0 Å². The molecule has 2 aliphatic heterocycles. The number of nitrogens with one attached hydrogen (secondary N) is 2. The molecule has 0 bridgehead atoms. The van der Waals surface area contributed by atoms with Crippen molar-refractivity contribution in [3.8, 4) is 0 Å². The van der Waals surface area contributed by atoms with Crippen LogP contribution in [0, 0.1) is 11.8 Å². The van der Waals surface area contributed by atoms with Crippen molar-refractivity contribution in [2.45, 2.75) is 50.8 Å². The van der Waals surface area contributed by atoms with E-state index in [9.17, 15) is 9.59 Å². The summed E-state index contributed by atoms with van der Waals surface area (Å²) in [5, 5.41) is 5.67. The zero-order chi connectivity index (χ0) is 21.5. The molecule has 5 atom stereocenters. The smallest absolute Gasteiger partial charge is 0.337 e. The Morgan fingerprint density at radius 2 is 2.17 bits per heavy atom. The van der Waals surface area contributed by atoms with E-state index in [-0.39, 0.29) is 36.6 Å². The van der Waals surface area contributed by atoms with E-state index in [1.165, 1.54) is 13.4 Å². The first-order valence-corrected chi connectivity index (χ1v) is 10.0. The maximum atomic E-state index is 12.5. The summed E-state index contributed by atoms with van der Waals surface area (Å²) >= 11 is 0. The molecule has 1 saturated carbocycles. The highest BCUT2D eigenvalue weighted by molar-refractivity contribution is 5.89. The highest BCUT2D eigenvalue weighted by atomic mass is 16.8. The average molecular weight is 417 g/mol. The summed E-state index contributed by atoms with van der Waals surface area (Å²) in [6.45, 7) is 5.85. The molecule has 1 aromatic heterocycles. The lowest BCUT2D eigenvalue weighted by molar-refractivity contribution is -0.190. The van der Waals surface area contributed by atoms with Gasteiger partial charge in [-0.15, -0.1) is 0 Å². The van der Waals surface area contributed by atoms with Crippen molar-refractivity contribution in [2.75, 3.05) is 19.0 Å². The molecule has 1 saturated heterocycles. The van der Waals surface area contributed by atoms with E-state index in [0.717, 1.165) is 0 Å². The fraction of sp³-hybridized carbons (Fsp3) is 0.571. The van der Waals surface area contributed by atoms with Crippen molar-refractivity contribution in [3.63, 3.8) is 0 Å². The van der Waals surface area contributed by atoms with E-state index in [2.05, 4.69) is 15.6 Å². The van der Waals surface area contributed by atoms with Gasteiger partial charge in [0.05, 0.1) is 43.5 Å². The fourth-order valence-electron chi connectivity index (χ4n) is 5.05. The van der Waals surface area contributed by atoms with E-state index < -0.39 is 17.4 Å². The van der Waals surface area contributed by atoms with Crippen molar-refractivity contribution in [3.05, 3.63) is 36.4 Å². The van der Waals surface area contributed by atoms with Crippen molar-refractivity contribution in [1.29, 1.82) is 0 Å². The van der Waals surface area contributed by atoms with Crippen LogP contribution < -0.4 is 10.6 Å². The van der Waals surface area contributed by atoms with E-state index in [1.807, 2.05) is 20.8 Å². The highest BCUT2D eigenvalue weighted by Gasteiger charge is 2.67. The van der Waals surface area contributed by atoms with Crippen LogP contribution in [0.3, 0.4) is 0 Å². The third-order valence-corrected chi connectivity index (χ3v) is 6.05. The fourth-order valence-corrected chi connectivity index (χ4v) is 5.05. The molecule has 0 radical (unpaired) electrons. The molecule has 9 heteroatoms. The van der Waals surface area contributed by atoms with Crippen LogP contribution >= 0.6 is 0 Å². The lowest BCUT2D eigenvalue weighted by atomic mass is 9.77. The molecule has 4 rings (SSSR count). The van der Waals surface area contributed by atoms with Crippen molar-refractivity contribution in [1.82, 2.24) is 10.3 Å². The van der Waals surface area contributed by atoms with Crippen LogP contribution in [-0.2, 0) is 23.7 Å². The molecule has 1 aliphatic carbocycles. The van der Waals surface area contributed by atoms with E-state index in [0.29, 0.717) is 17.7 Å². The van der Waals surface area contributed by atoms with Gasteiger partial charge in [-0.1, -0.05) is 0 Å². The predicted octanol–water partition coefficient (Wildman–Crippen LogP) is 2.21. The highest BCUT2D eigenvalue weighted by Crippen LogP contribution is 2.56. The first kappa shape index (κ1) is 20.6. The number of amides is 2. The second-order valence-corrected chi connectivity index (χ2v) is 8.39. The van der Waals surface area contributed by atoms with Crippen LogP contribution in [-0.4, -0.2) is 54.2 Å². The van der Waals surface area contributed by atoms with Gasteiger partial charge in [-0.3, -0.25) is 4.98 Å². The molecule has 3 heterocycles. The van der Waals surface area contributed by atoms with Crippen molar-refractivity contribution >= 4 is 17.7 Å². The summed E-state index contributed by atoms with van der Waals surface area (Å²) in [5.41, 5.74) is 0.217. The molecule has 30 heavy (non-hydrogen) atoms. The number of nitrogens with zero attached hydrogens (tertiary/aromatic N) is 1. The first-order chi connectivity index (χ1) is 14.3. The second-order valence-electron chi connectivity index (χ2n) is 8.39. The number of anilines is 1. The number of hydrogen-bond acceptors (Lipinski definition) is 7. The Kier molecular flexibility index (Phi) is 5.19. The topological polar surface area (TPSA) is 108 Å². The summed E-state index contributed by atoms with van der Waals surface area (Å²) in [5.74, 6) is -1.58. The molecule has 1 aromatic rings. The summed E-state index contributed by atoms with van der Waals surface area (Å²) in [6.07, 6.45) is 4.73. The number of fused-ring (bicyclic) bond motifs is 3. The summed E-state index contributed by atoms with van der Waals surface area (Å²) in [7, 11) is 1.35. The Morgan fingerprint density at radius 1 is 1.37 bits per heavy atom. The van der Waals surface area contributed by atoms with Crippen molar-refractivity contribution < 1.29 is 28.5 Å². The Morgan fingerprint density at radius 3 is 2.87 bits per heavy atom. The van der Waals surface area contributed by atoms with Crippen LogP contribution in [0.4, 0.5) is 10.5 Å². The summed E-state index contributed by atoms with van der Waals surface area (Å²) in [4.78, 5) is 28.8. The number of carbonyl (C=O) groups excluding carboxylic acids is 2. The molecule has 9 nitrogen and oxygen atoms in total. The van der Waals surface area contributed by atoms with Gasteiger partial charge in [0.25, 0.3) is 0 Å². The van der Waals surface area contributed by atoms with E-state index in [4.69, 9.17) is 18.9 Å². The summed E-state index contributed by atoms with van der Waals surface area (Å²) < 4.78 is 23.4. The van der Waals surface area contributed by atoms with Gasteiger partial charge in [0.1, 0.15) is 11.7 Å². The van der Waals surface area contributed by atoms with Crippen LogP contribution in [0.5, 0.6) is 0 Å². The van der Waals surface area contributed by atoms with Crippen LogP contribution in [0.2, 0.25) is 0 Å². The minimum absolute atomic E-state index is 0.148. The zero-order valence-corrected chi connectivity index (χ0v) is 17.5. The number of ether oxygens (including phenoxy) is 4. The number of pyridine rings is 1. The second kappa shape index (κ2) is 7.55. The maximum absolute atomic E-state index is 12.5. The number of hydrogen-bond donors (Lipinski definition) is 2. The number of carbonyl (C=O) groups is 2. The molecule has 2 amide bonds. The molecule has 2 N–H and O–H groups in total. The molecule has 2 fully saturated rings. The Labute approximate surface area is 175 Å². The van der Waals surface area contributed by atoms with Gasteiger partial charge in [-0.25, -0.2) is 9.59 Å². The molecule has 0 spiro atoms. The maximum Gasteiger partial charge on any atom is 0.337 e. The SMILES string of the molecule is COC(=O)C1=COC(C)C2C1CC1OC(C)(C)OC12CNC(=O)Nc1cccnc1. The molecule has 0 aromatic carbocycles. The van der Waals surface area contributed by atoms with Crippen LogP contribution in [0.15, 0.2) is 36.4 Å². The van der Waals surface area contributed by atoms with Crippen LogP contribution in [0.1, 0.15) is 27.2 Å². The molecular weight excluding hydrogens is 390 g/mol. The number of methoxy groups -OCH3 is 1. The zero-order valence-electron chi connectivity index (χ0n) is 17.5. The molecule has 162 valence electrons. The first-order valence-electron chi connectivity index (χ1n) is 10.0. The average Bonchev–Trinajstić information content (AvgIpc) is 3.14. The van der Waals surface area contributed by atoms with Gasteiger partial charge in [-0.2, -0.15) is 0 Å². The predicted molar refractivity (Wildman–Crippen MR) is 106 cm³/mol. The van der Waals surface area contributed by atoms with Gasteiger partial charge < -0.3 is 29.6 Å². The monoisotopic (exact) mass is 417 g/mol. The molecule has 5 unspecified atom stereocenters. The van der Waals surface area contributed by atoms with Gasteiger partial charge in [0, 0.05) is 18.0 Å². The minimum Gasteiger partial charge on any atom is -0.497 e. The van der Waals surface area contributed by atoms with Gasteiger partial charge in [-0.05, 0) is 39.3 Å². The Balaban J connectivity index is 1.57. The van der Waals surface area contributed by atoms with Crippen molar-refractivity contribution in [2.24, 2.45) is 11.8 Å². The number of urea groups is 1. The van der Waals surface area contributed by atoms with Crippen LogP contribution in [0.25, 0.3) is 0 Å². The van der Waals surface area contributed by atoms with E-state index in [1.54, 1.807) is 24.5 Å². The number of aromatic nitrogens is 1. The molecule has 3 aliphatic rings. The Bertz CT molecular complexity index is 858. The number of esters is 1. The third-order valence-electron chi connectivity index (χ3n) is 6.05. The van der Waals surface area contributed by atoms with Gasteiger partial charge in [0.15, 0.2) is 5.79 Å². The lowest BCUT2D eigenvalue weighted by Gasteiger charge is -2.41. The standard InChI is InChI=1S/C21H27N3O6/c1-12-17-14(15(10-28-12)18(25)27-4)8-16-21(17,30-20(2,3)29-16)11-23-19(26)24-13-6-5-7-22-9-13/h5-7,9-10,12,14,16-17H,8,11H2,1-4H3,(H2,23,24,26).